The molecule has 0 amide bonds. The maximum atomic E-state index is 11.0. The molecular formula is C9H16O2. The van der Waals surface area contributed by atoms with Crippen LogP contribution in [0, 0.1) is 11.3 Å². The Morgan fingerprint density at radius 2 is 2.18 bits per heavy atom. The number of hydrogen-bond acceptors (Lipinski definition) is 2. The van der Waals surface area contributed by atoms with Crippen molar-refractivity contribution < 1.29 is 9.53 Å². The minimum Gasteiger partial charge on any atom is -0.460 e. The van der Waals surface area contributed by atoms with E-state index < -0.39 is 0 Å². The van der Waals surface area contributed by atoms with Crippen molar-refractivity contribution in [2.24, 2.45) is 11.3 Å². The van der Waals surface area contributed by atoms with Gasteiger partial charge in [0.05, 0.1) is 5.41 Å². The van der Waals surface area contributed by atoms with Crippen molar-refractivity contribution in [1.29, 1.82) is 0 Å². The largest absolute Gasteiger partial charge is 0.460 e. The van der Waals surface area contributed by atoms with Crippen molar-refractivity contribution in [2.75, 3.05) is 0 Å². The molecule has 1 aliphatic rings. The van der Waals surface area contributed by atoms with Crippen LogP contribution in [0.15, 0.2) is 0 Å². The number of cyclic esters (lactones) is 1. The molecule has 2 nitrogen and oxygen atoms in total. The van der Waals surface area contributed by atoms with Crippen molar-refractivity contribution in [3.05, 3.63) is 0 Å². The highest BCUT2D eigenvalue weighted by molar-refractivity contribution is 5.82. The van der Waals surface area contributed by atoms with E-state index in [0.29, 0.717) is 5.92 Å². The van der Waals surface area contributed by atoms with Gasteiger partial charge in [0.15, 0.2) is 0 Å². The summed E-state index contributed by atoms with van der Waals surface area (Å²) in [6.45, 7) is 8.15. The summed E-state index contributed by atoms with van der Waals surface area (Å²) in [5.41, 5.74) is -0.241. The van der Waals surface area contributed by atoms with E-state index in [1.54, 1.807) is 0 Å². The summed E-state index contributed by atoms with van der Waals surface area (Å²) in [4.78, 5) is 11.0. The van der Waals surface area contributed by atoms with Crippen molar-refractivity contribution in [3.63, 3.8) is 0 Å². The molecule has 0 aromatic carbocycles. The molecule has 0 aromatic heterocycles. The van der Waals surface area contributed by atoms with Gasteiger partial charge in [-0.15, -0.1) is 0 Å². The topological polar surface area (TPSA) is 26.3 Å². The van der Waals surface area contributed by atoms with Gasteiger partial charge in [-0.3, -0.25) is 4.79 Å². The van der Waals surface area contributed by atoms with Crippen LogP contribution >= 0.6 is 0 Å². The van der Waals surface area contributed by atoms with Crippen LogP contribution in [0.1, 0.15) is 34.1 Å². The molecule has 1 aliphatic heterocycles. The molecule has 0 aliphatic carbocycles. The van der Waals surface area contributed by atoms with Gasteiger partial charge in [0.25, 0.3) is 0 Å². The lowest BCUT2D eigenvalue weighted by molar-refractivity contribution is -0.208. The molecule has 0 spiro atoms. The fourth-order valence-corrected chi connectivity index (χ4v) is 1.51. The standard InChI is InChI=1S/C9H16O2/c1-5-6(2)7-9(3,4)8(10)11-7/h6-7H,5H2,1-4H3. The van der Waals surface area contributed by atoms with E-state index >= 15 is 0 Å². The molecule has 0 radical (unpaired) electrons. The molecule has 0 bridgehead atoms. The quantitative estimate of drug-likeness (QED) is 0.571. The third-order valence-electron chi connectivity index (χ3n) is 2.63. The highest BCUT2D eigenvalue weighted by Gasteiger charge is 2.52. The van der Waals surface area contributed by atoms with Gasteiger partial charge in [-0.25, -0.2) is 0 Å². The van der Waals surface area contributed by atoms with Crippen LogP contribution in [0.25, 0.3) is 0 Å². The summed E-state index contributed by atoms with van der Waals surface area (Å²) < 4.78 is 5.07. The van der Waals surface area contributed by atoms with Crippen LogP contribution < -0.4 is 0 Å². The number of hydrogen-bond donors (Lipinski definition) is 0. The van der Waals surface area contributed by atoms with Crippen molar-refractivity contribution in [3.8, 4) is 0 Å². The minimum atomic E-state index is -0.241. The molecule has 2 heteroatoms. The molecule has 0 saturated carbocycles. The molecule has 2 unspecified atom stereocenters. The molecule has 0 N–H and O–H groups in total. The molecule has 0 aromatic rings. The first-order chi connectivity index (χ1) is 5.00. The van der Waals surface area contributed by atoms with Crippen molar-refractivity contribution in [1.82, 2.24) is 0 Å². The fraction of sp³-hybridized carbons (Fsp3) is 0.889. The van der Waals surface area contributed by atoms with Crippen LogP contribution in [0.3, 0.4) is 0 Å². The molecule has 11 heavy (non-hydrogen) atoms. The van der Waals surface area contributed by atoms with Crippen LogP contribution in [-0.2, 0) is 9.53 Å². The maximum absolute atomic E-state index is 11.0. The zero-order valence-electron chi connectivity index (χ0n) is 7.68. The predicted octanol–water partition coefficient (Wildman–Crippen LogP) is 1.98. The Morgan fingerprint density at radius 3 is 2.45 bits per heavy atom. The van der Waals surface area contributed by atoms with Gasteiger partial charge in [-0.1, -0.05) is 20.3 Å². The highest BCUT2D eigenvalue weighted by Crippen LogP contribution is 2.40. The van der Waals surface area contributed by atoms with Crippen LogP contribution in [0.5, 0.6) is 0 Å². The van der Waals surface area contributed by atoms with E-state index in [0.717, 1.165) is 6.42 Å². The van der Waals surface area contributed by atoms with Crippen LogP contribution in [0.4, 0.5) is 0 Å². The number of ether oxygens (including phenoxy) is 1. The summed E-state index contributed by atoms with van der Waals surface area (Å²) in [5.74, 6) is 0.436. The smallest absolute Gasteiger partial charge is 0.315 e. The summed E-state index contributed by atoms with van der Waals surface area (Å²) in [6, 6.07) is 0. The molecule has 1 saturated heterocycles. The predicted molar refractivity (Wildman–Crippen MR) is 43.1 cm³/mol. The second-order valence-electron chi connectivity index (χ2n) is 3.93. The van der Waals surface area contributed by atoms with E-state index in [2.05, 4.69) is 13.8 Å². The molecule has 1 heterocycles. The Morgan fingerprint density at radius 1 is 1.64 bits per heavy atom. The van der Waals surface area contributed by atoms with E-state index in [4.69, 9.17) is 4.74 Å². The average Bonchev–Trinajstić information content (AvgIpc) is 1.98. The number of rotatable bonds is 2. The van der Waals surface area contributed by atoms with Crippen molar-refractivity contribution >= 4 is 5.97 Å². The third kappa shape index (κ3) is 1.15. The van der Waals surface area contributed by atoms with Crippen LogP contribution in [0.2, 0.25) is 0 Å². The second kappa shape index (κ2) is 2.50. The third-order valence-corrected chi connectivity index (χ3v) is 2.63. The highest BCUT2D eigenvalue weighted by atomic mass is 16.6. The van der Waals surface area contributed by atoms with Gasteiger partial charge >= 0.3 is 5.97 Å². The van der Waals surface area contributed by atoms with E-state index in [1.165, 1.54) is 0 Å². The summed E-state index contributed by atoms with van der Waals surface area (Å²) >= 11 is 0. The first-order valence-corrected chi connectivity index (χ1v) is 4.21. The second-order valence-corrected chi connectivity index (χ2v) is 3.93. The van der Waals surface area contributed by atoms with Gasteiger partial charge in [-0.2, -0.15) is 0 Å². The van der Waals surface area contributed by atoms with Gasteiger partial charge < -0.3 is 4.74 Å². The lowest BCUT2D eigenvalue weighted by Gasteiger charge is -2.44. The van der Waals surface area contributed by atoms with E-state index in [9.17, 15) is 4.79 Å². The first-order valence-electron chi connectivity index (χ1n) is 4.21. The normalized spacial score (nSPS) is 30.5. The summed E-state index contributed by atoms with van der Waals surface area (Å²) in [7, 11) is 0. The maximum Gasteiger partial charge on any atom is 0.315 e. The Labute approximate surface area is 67.9 Å². The number of carbonyl (C=O) groups is 1. The first kappa shape index (κ1) is 8.57. The summed E-state index contributed by atoms with van der Waals surface area (Å²) in [5, 5.41) is 0. The lowest BCUT2D eigenvalue weighted by Crippen LogP contribution is -2.55. The Kier molecular flexibility index (Phi) is 1.95. The van der Waals surface area contributed by atoms with E-state index in [1.807, 2.05) is 13.8 Å². The van der Waals surface area contributed by atoms with Crippen molar-refractivity contribution in [2.45, 2.75) is 40.2 Å². The lowest BCUT2D eigenvalue weighted by atomic mass is 9.75. The van der Waals surface area contributed by atoms with Gasteiger partial charge in [0, 0.05) is 0 Å². The zero-order chi connectivity index (χ0) is 8.65. The SMILES string of the molecule is CCC(C)C1OC(=O)C1(C)C. The Hall–Kier alpha value is -0.530. The zero-order valence-corrected chi connectivity index (χ0v) is 7.68. The van der Waals surface area contributed by atoms with Gasteiger partial charge in [0.2, 0.25) is 0 Å². The molecule has 1 rings (SSSR count). The summed E-state index contributed by atoms with van der Waals surface area (Å²) in [6.07, 6.45) is 1.21. The molecular weight excluding hydrogens is 140 g/mol. The van der Waals surface area contributed by atoms with Gasteiger partial charge in [-0.05, 0) is 19.8 Å². The monoisotopic (exact) mass is 156 g/mol. The molecule has 2 atom stereocenters. The Balaban J connectivity index is 2.59. The average molecular weight is 156 g/mol. The molecule has 1 fully saturated rings. The van der Waals surface area contributed by atoms with Gasteiger partial charge in [0.1, 0.15) is 6.10 Å². The number of esters is 1. The number of carbonyl (C=O) groups excluding carboxylic acids is 1. The fourth-order valence-electron chi connectivity index (χ4n) is 1.51. The Bertz CT molecular complexity index is 172. The molecule has 64 valence electrons. The van der Waals surface area contributed by atoms with Crippen LogP contribution in [-0.4, -0.2) is 12.1 Å². The minimum absolute atomic E-state index is 0.0530. The van der Waals surface area contributed by atoms with E-state index in [-0.39, 0.29) is 17.5 Å².